The number of fused-ring (bicyclic) bond motifs is 2. The highest BCUT2D eigenvalue weighted by Crippen LogP contribution is 2.34. The van der Waals surface area contributed by atoms with Crippen LogP contribution >= 0.6 is 0 Å². The van der Waals surface area contributed by atoms with Crippen LogP contribution in [0, 0.1) is 0 Å². The fourth-order valence-corrected chi connectivity index (χ4v) is 2.18. The number of para-hydroxylation sites is 1. The van der Waals surface area contributed by atoms with Gasteiger partial charge in [-0.25, -0.2) is 0 Å². The van der Waals surface area contributed by atoms with Crippen LogP contribution in [0.2, 0.25) is 0 Å². The Hall–Kier alpha value is -2.55. The summed E-state index contributed by atoms with van der Waals surface area (Å²) in [7, 11) is 1.39. The second-order valence-corrected chi connectivity index (χ2v) is 4.60. The highest BCUT2D eigenvalue weighted by atomic mass is 16.5. The van der Waals surface area contributed by atoms with E-state index in [2.05, 4.69) is 4.74 Å². The Morgan fingerprint density at radius 1 is 1.05 bits per heavy atom. The van der Waals surface area contributed by atoms with Gasteiger partial charge in [-0.1, -0.05) is 36.4 Å². The van der Waals surface area contributed by atoms with Crippen molar-refractivity contribution < 1.29 is 14.3 Å². The number of rotatable bonds is 2. The molecule has 0 aliphatic carbocycles. The zero-order valence-corrected chi connectivity index (χ0v) is 11.1. The van der Waals surface area contributed by atoms with Crippen molar-refractivity contribution in [1.29, 1.82) is 0 Å². The molecule has 0 fully saturated rings. The molecule has 2 aromatic carbocycles. The Labute approximate surface area is 117 Å². The van der Waals surface area contributed by atoms with Crippen molar-refractivity contribution in [2.24, 2.45) is 0 Å². The van der Waals surface area contributed by atoms with Crippen molar-refractivity contribution >= 4 is 18.1 Å². The lowest BCUT2D eigenvalue weighted by atomic mass is 10.1. The number of ether oxygens (including phenoxy) is 2. The van der Waals surface area contributed by atoms with E-state index in [1.54, 1.807) is 0 Å². The number of carbonyl (C=O) groups excluding carboxylic acids is 1. The van der Waals surface area contributed by atoms with Crippen LogP contribution in [-0.2, 0) is 16.0 Å². The summed E-state index contributed by atoms with van der Waals surface area (Å²) in [5.41, 5.74) is 2.91. The summed E-state index contributed by atoms with van der Waals surface area (Å²) >= 11 is 0. The number of methoxy groups -OCH3 is 1. The van der Waals surface area contributed by atoms with Gasteiger partial charge in [0.2, 0.25) is 0 Å². The molecule has 3 rings (SSSR count). The SMILES string of the molecule is COC(=O)Cc1ccc2c(c1)C=Cc1ccccc1O2. The van der Waals surface area contributed by atoms with Crippen molar-refractivity contribution in [3.05, 3.63) is 59.2 Å². The predicted molar refractivity (Wildman–Crippen MR) is 77.6 cm³/mol. The maximum atomic E-state index is 11.3. The van der Waals surface area contributed by atoms with Crippen LogP contribution in [0.5, 0.6) is 11.5 Å². The normalized spacial score (nSPS) is 11.8. The summed E-state index contributed by atoms with van der Waals surface area (Å²) in [5.74, 6) is 1.38. The summed E-state index contributed by atoms with van der Waals surface area (Å²) in [6, 6.07) is 13.6. The molecule has 0 radical (unpaired) electrons. The third-order valence-electron chi connectivity index (χ3n) is 3.23. The van der Waals surface area contributed by atoms with Crippen molar-refractivity contribution in [3.63, 3.8) is 0 Å². The van der Waals surface area contributed by atoms with Crippen LogP contribution in [0.15, 0.2) is 42.5 Å². The van der Waals surface area contributed by atoms with Gasteiger partial charge >= 0.3 is 5.97 Å². The van der Waals surface area contributed by atoms with Crippen molar-refractivity contribution in [3.8, 4) is 11.5 Å². The van der Waals surface area contributed by atoms with Crippen LogP contribution in [-0.4, -0.2) is 13.1 Å². The number of carbonyl (C=O) groups is 1. The maximum Gasteiger partial charge on any atom is 0.309 e. The van der Waals surface area contributed by atoms with Gasteiger partial charge in [0.15, 0.2) is 0 Å². The molecule has 1 aliphatic heterocycles. The average Bonchev–Trinajstić information content (AvgIpc) is 2.66. The molecular formula is C17H14O3. The van der Waals surface area contributed by atoms with E-state index in [9.17, 15) is 4.79 Å². The monoisotopic (exact) mass is 266 g/mol. The Morgan fingerprint density at radius 2 is 1.80 bits per heavy atom. The average molecular weight is 266 g/mol. The minimum atomic E-state index is -0.244. The second kappa shape index (κ2) is 5.21. The lowest BCUT2D eigenvalue weighted by Crippen LogP contribution is -2.04. The largest absolute Gasteiger partial charge is 0.469 e. The number of hydrogen-bond acceptors (Lipinski definition) is 3. The Morgan fingerprint density at radius 3 is 2.65 bits per heavy atom. The molecule has 2 aromatic rings. The fourth-order valence-electron chi connectivity index (χ4n) is 2.18. The summed E-state index contributed by atoms with van der Waals surface area (Å²) in [5, 5.41) is 0. The topological polar surface area (TPSA) is 35.5 Å². The van der Waals surface area contributed by atoms with Gasteiger partial charge < -0.3 is 9.47 Å². The standard InChI is InChI=1S/C17H14O3/c1-19-17(18)11-12-6-9-16-14(10-12)8-7-13-4-2-3-5-15(13)20-16/h2-10H,11H2,1H3. The molecule has 100 valence electrons. The zero-order valence-electron chi connectivity index (χ0n) is 11.1. The summed E-state index contributed by atoms with van der Waals surface area (Å²) in [6.45, 7) is 0. The highest BCUT2D eigenvalue weighted by Gasteiger charge is 2.11. The highest BCUT2D eigenvalue weighted by molar-refractivity contribution is 5.79. The van der Waals surface area contributed by atoms with Gasteiger partial charge in [0.05, 0.1) is 13.5 Å². The quantitative estimate of drug-likeness (QED) is 0.664. The van der Waals surface area contributed by atoms with E-state index in [0.29, 0.717) is 0 Å². The number of hydrogen-bond donors (Lipinski definition) is 0. The van der Waals surface area contributed by atoms with Gasteiger partial charge in [0, 0.05) is 11.1 Å². The van der Waals surface area contributed by atoms with E-state index in [4.69, 9.17) is 4.74 Å². The first-order valence-electron chi connectivity index (χ1n) is 6.41. The molecule has 0 spiro atoms. The molecule has 1 heterocycles. The van der Waals surface area contributed by atoms with Gasteiger partial charge in [0.25, 0.3) is 0 Å². The van der Waals surface area contributed by atoms with E-state index in [1.165, 1.54) is 7.11 Å². The summed E-state index contributed by atoms with van der Waals surface area (Å²) < 4.78 is 10.6. The molecule has 0 saturated heterocycles. The van der Waals surface area contributed by atoms with Gasteiger partial charge in [-0.15, -0.1) is 0 Å². The molecule has 0 aromatic heterocycles. The first-order valence-corrected chi connectivity index (χ1v) is 6.41. The molecule has 0 N–H and O–H groups in total. The molecule has 3 nitrogen and oxygen atoms in total. The fraction of sp³-hybridized carbons (Fsp3) is 0.118. The molecule has 20 heavy (non-hydrogen) atoms. The van der Waals surface area contributed by atoms with Gasteiger partial charge in [0.1, 0.15) is 11.5 Å². The maximum absolute atomic E-state index is 11.3. The van der Waals surface area contributed by atoms with Crippen LogP contribution < -0.4 is 4.74 Å². The zero-order chi connectivity index (χ0) is 13.9. The first kappa shape index (κ1) is 12.5. The summed E-state index contributed by atoms with van der Waals surface area (Å²) in [6.07, 6.45) is 4.29. The van der Waals surface area contributed by atoms with Crippen molar-refractivity contribution in [2.45, 2.75) is 6.42 Å². The van der Waals surface area contributed by atoms with Crippen molar-refractivity contribution in [1.82, 2.24) is 0 Å². The van der Waals surface area contributed by atoms with E-state index < -0.39 is 0 Å². The molecular weight excluding hydrogens is 252 g/mol. The molecule has 0 amide bonds. The van der Waals surface area contributed by atoms with Crippen LogP contribution in [0.1, 0.15) is 16.7 Å². The molecule has 0 saturated carbocycles. The van der Waals surface area contributed by atoms with Gasteiger partial charge in [-0.3, -0.25) is 4.79 Å². The van der Waals surface area contributed by atoms with Gasteiger partial charge in [-0.2, -0.15) is 0 Å². The van der Waals surface area contributed by atoms with Crippen LogP contribution in [0.4, 0.5) is 0 Å². The number of esters is 1. The first-order chi connectivity index (χ1) is 9.76. The van der Waals surface area contributed by atoms with Gasteiger partial charge in [-0.05, 0) is 23.8 Å². The molecule has 1 aliphatic rings. The third-order valence-corrected chi connectivity index (χ3v) is 3.23. The molecule has 3 heteroatoms. The Bertz CT molecular complexity index is 686. The predicted octanol–water partition coefficient (Wildman–Crippen LogP) is 3.68. The molecule has 0 bridgehead atoms. The van der Waals surface area contributed by atoms with Crippen molar-refractivity contribution in [2.75, 3.05) is 7.11 Å². The lowest BCUT2D eigenvalue weighted by molar-refractivity contribution is -0.139. The third kappa shape index (κ3) is 2.43. The molecule has 0 atom stereocenters. The number of benzene rings is 2. The second-order valence-electron chi connectivity index (χ2n) is 4.60. The minimum absolute atomic E-state index is 0.244. The van der Waals surface area contributed by atoms with E-state index in [0.717, 1.165) is 28.2 Å². The van der Waals surface area contributed by atoms with E-state index in [-0.39, 0.29) is 12.4 Å². The van der Waals surface area contributed by atoms with Crippen LogP contribution in [0.25, 0.3) is 12.2 Å². The minimum Gasteiger partial charge on any atom is -0.469 e. The molecule has 0 unspecified atom stereocenters. The van der Waals surface area contributed by atoms with Crippen LogP contribution in [0.3, 0.4) is 0 Å². The van der Waals surface area contributed by atoms with E-state index >= 15 is 0 Å². The Balaban J connectivity index is 1.95. The smallest absolute Gasteiger partial charge is 0.309 e. The Kier molecular flexibility index (Phi) is 3.25. The summed E-state index contributed by atoms with van der Waals surface area (Å²) in [4.78, 5) is 11.3. The lowest BCUT2D eigenvalue weighted by Gasteiger charge is -2.09. The van der Waals surface area contributed by atoms with E-state index in [1.807, 2.05) is 54.6 Å².